The number of rotatable bonds is 2. The van der Waals surface area contributed by atoms with Crippen molar-refractivity contribution in [3.8, 4) is 0 Å². The molecule has 1 fully saturated rings. The monoisotopic (exact) mass is 387 g/mol. The van der Waals surface area contributed by atoms with E-state index in [-0.39, 0.29) is 11.6 Å². The summed E-state index contributed by atoms with van der Waals surface area (Å²) in [5.74, 6) is 0.828. The third-order valence-corrected chi connectivity index (χ3v) is 6.10. The quantitative estimate of drug-likeness (QED) is 0.799. The summed E-state index contributed by atoms with van der Waals surface area (Å²) in [6.45, 7) is 4.65. The number of piperidine rings is 1. The maximum absolute atomic E-state index is 12.1. The van der Waals surface area contributed by atoms with Gasteiger partial charge in [-0.1, -0.05) is 29.8 Å². The highest BCUT2D eigenvalue weighted by Crippen LogP contribution is 2.35. The van der Waals surface area contributed by atoms with Crippen LogP contribution in [-0.4, -0.2) is 27.7 Å². The van der Waals surface area contributed by atoms with E-state index in [1.807, 2.05) is 34.9 Å². The summed E-state index contributed by atoms with van der Waals surface area (Å²) in [7, 11) is 0. The second-order valence-corrected chi connectivity index (χ2v) is 8.15. The molecule has 0 aliphatic carbocycles. The third-order valence-electron chi connectivity index (χ3n) is 5.48. The zero-order valence-corrected chi connectivity index (χ0v) is 16.3. The molecule has 6 heteroatoms. The summed E-state index contributed by atoms with van der Waals surface area (Å²) >= 11 is 11.7. The maximum Gasteiger partial charge on any atom is 0.250 e. The lowest BCUT2D eigenvalue weighted by Gasteiger charge is -2.44. The largest absolute Gasteiger partial charge is 0.356 e. The summed E-state index contributed by atoms with van der Waals surface area (Å²) < 4.78 is 1.95. The number of hydrogen-bond acceptors (Lipinski definition) is 2. The minimum Gasteiger partial charge on any atom is -0.356 e. The second-order valence-electron chi connectivity index (χ2n) is 7.33. The average molecular weight is 388 g/mol. The van der Waals surface area contributed by atoms with Crippen LogP contribution in [0.25, 0.3) is 0 Å². The minimum atomic E-state index is 0.114. The molecule has 1 aromatic heterocycles. The first-order chi connectivity index (χ1) is 12.5. The molecule has 0 saturated carbocycles. The van der Waals surface area contributed by atoms with Gasteiger partial charge in [-0.2, -0.15) is 0 Å². The number of likely N-dealkylation sites (tertiary alicyclic amines) is 1. The van der Waals surface area contributed by atoms with Gasteiger partial charge in [0.2, 0.25) is 0 Å². The molecule has 0 radical (unpaired) electrons. The Kier molecular flexibility index (Phi) is 4.76. The molecule has 4 nitrogen and oxygen atoms in total. The number of pyridine rings is 1. The molecular formula is C20H22ClN3OS. The van der Waals surface area contributed by atoms with Crippen molar-refractivity contribution in [2.75, 3.05) is 13.1 Å². The Balaban J connectivity index is 1.47. The summed E-state index contributed by atoms with van der Waals surface area (Å²) in [5, 5.41) is 4.98. The molecule has 2 aliphatic rings. The molecule has 2 aromatic rings. The van der Waals surface area contributed by atoms with Gasteiger partial charge in [0.15, 0.2) is 5.11 Å². The zero-order valence-electron chi connectivity index (χ0n) is 14.7. The van der Waals surface area contributed by atoms with Crippen molar-refractivity contribution in [3.63, 3.8) is 0 Å². The Morgan fingerprint density at radius 2 is 1.96 bits per heavy atom. The molecule has 3 atom stereocenters. The number of thiocarbonyl (C=S) groups is 1. The van der Waals surface area contributed by atoms with Crippen molar-refractivity contribution in [3.05, 3.63) is 69.1 Å². The van der Waals surface area contributed by atoms with E-state index in [1.165, 1.54) is 0 Å². The van der Waals surface area contributed by atoms with Crippen LogP contribution in [0.1, 0.15) is 36.6 Å². The van der Waals surface area contributed by atoms with Gasteiger partial charge in [-0.25, -0.2) is 0 Å². The maximum atomic E-state index is 12.1. The van der Waals surface area contributed by atoms with Crippen LogP contribution in [0, 0.1) is 5.92 Å². The third kappa shape index (κ3) is 3.38. The van der Waals surface area contributed by atoms with Crippen LogP contribution < -0.4 is 10.9 Å². The number of fused-ring (bicyclic) bond motifs is 4. The van der Waals surface area contributed by atoms with Crippen molar-refractivity contribution < 1.29 is 0 Å². The zero-order chi connectivity index (χ0) is 18.3. The van der Waals surface area contributed by atoms with Crippen molar-refractivity contribution in [2.45, 2.75) is 31.8 Å². The Morgan fingerprint density at radius 1 is 1.19 bits per heavy atom. The van der Waals surface area contributed by atoms with Crippen molar-refractivity contribution in [1.82, 2.24) is 14.8 Å². The summed E-state index contributed by atoms with van der Waals surface area (Å²) in [5.41, 5.74) is 2.42. The number of nitrogens with one attached hydrogen (secondary N) is 1. The summed E-state index contributed by atoms with van der Waals surface area (Å²) in [4.78, 5) is 14.4. The fraction of sp³-hybridized carbons (Fsp3) is 0.400. The van der Waals surface area contributed by atoms with E-state index in [0.29, 0.717) is 11.8 Å². The molecule has 1 N–H and O–H groups in total. The van der Waals surface area contributed by atoms with Crippen LogP contribution in [0.3, 0.4) is 0 Å². The van der Waals surface area contributed by atoms with Crippen molar-refractivity contribution in [2.24, 2.45) is 5.92 Å². The molecule has 1 aromatic carbocycles. The van der Waals surface area contributed by atoms with Crippen LogP contribution in [0.2, 0.25) is 5.02 Å². The first-order valence-electron chi connectivity index (χ1n) is 9.02. The number of nitrogens with zero attached hydrogens (tertiary/aromatic N) is 2. The average Bonchev–Trinajstić information content (AvgIpc) is 2.63. The van der Waals surface area contributed by atoms with E-state index >= 15 is 0 Å². The normalized spacial score (nSPS) is 22.5. The van der Waals surface area contributed by atoms with E-state index in [2.05, 4.69) is 23.2 Å². The Morgan fingerprint density at radius 3 is 2.73 bits per heavy atom. The van der Waals surface area contributed by atoms with Gasteiger partial charge in [-0.3, -0.25) is 4.79 Å². The molecule has 2 bridgehead atoms. The van der Waals surface area contributed by atoms with Crippen LogP contribution >= 0.6 is 23.8 Å². The Labute approximate surface area is 163 Å². The molecular weight excluding hydrogens is 366 g/mol. The number of hydrogen-bond donors (Lipinski definition) is 1. The van der Waals surface area contributed by atoms with Gasteiger partial charge in [-0.05, 0) is 55.2 Å². The molecule has 0 amide bonds. The standard InChI is InChI=1S/C20H22ClN3OS/c1-13(15-5-7-17(21)8-6-15)22-20(26)23-10-14-9-16(12-23)18-3-2-4-19(25)24(18)11-14/h2-8,13-14,16H,9-12H2,1H3,(H,22,26)/t13?,14-,16-/m0/s1. The van der Waals surface area contributed by atoms with Crippen LogP contribution in [0.4, 0.5) is 0 Å². The van der Waals surface area contributed by atoms with E-state index in [1.54, 1.807) is 6.07 Å². The number of halogens is 1. The molecule has 136 valence electrons. The summed E-state index contributed by atoms with van der Waals surface area (Å²) in [6, 6.07) is 13.6. The van der Waals surface area contributed by atoms with Gasteiger partial charge in [-0.15, -0.1) is 0 Å². The molecule has 4 rings (SSSR count). The van der Waals surface area contributed by atoms with Crippen LogP contribution in [0.15, 0.2) is 47.3 Å². The Bertz CT molecular complexity index is 879. The van der Waals surface area contributed by atoms with Gasteiger partial charge in [0.05, 0.1) is 6.04 Å². The highest BCUT2D eigenvalue weighted by molar-refractivity contribution is 7.80. The van der Waals surface area contributed by atoms with Gasteiger partial charge in [0.1, 0.15) is 0 Å². The predicted octanol–water partition coefficient (Wildman–Crippen LogP) is 3.56. The Hall–Kier alpha value is -1.85. The lowest BCUT2D eigenvalue weighted by atomic mass is 9.83. The van der Waals surface area contributed by atoms with E-state index in [9.17, 15) is 4.79 Å². The second kappa shape index (κ2) is 7.05. The summed E-state index contributed by atoms with van der Waals surface area (Å²) in [6.07, 6.45) is 1.13. The van der Waals surface area contributed by atoms with Crippen molar-refractivity contribution >= 4 is 28.9 Å². The van der Waals surface area contributed by atoms with Crippen molar-refractivity contribution in [1.29, 1.82) is 0 Å². The first-order valence-corrected chi connectivity index (χ1v) is 9.80. The van der Waals surface area contributed by atoms with Crippen LogP contribution in [-0.2, 0) is 6.54 Å². The first kappa shape index (κ1) is 17.6. The number of benzene rings is 1. The molecule has 26 heavy (non-hydrogen) atoms. The van der Waals surface area contributed by atoms with E-state index in [0.717, 1.165) is 47.4 Å². The van der Waals surface area contributed by atoms with Gasteiger partial charge in [0.25, 0.3) is 5.56 Å². The molecule has 0 spiro atoms. The van der Waals surface area contributed by atoms with E-state index in [4.69, 9.17) is 23.8 Å². The number of aromatic nitrogens is 1. The molecule has 1 unspecified atom stereocenters. The van der Waals surface area contributed by atoms with Gasteiger partial charge >= 0.3 is 0 Å². The highest BCUT2D eigenvalue weighted by atomic mass is 35.5. The fourth-order valence-corrected chi connectivity index (χ4v) is 4.63. The molecule has 1 saturated heterocycles. The van der Waals surface area contributed by atoms with Gasteiger partial charge in [0, 0.05) is 42.3 Å². The lowest BCUT2D eigenvalue weighted by Crippen LogP contribution is -2.52. The lowest BCUT2D eigenvalue weighted by molar-refractivity contribution is 0.176. The fourth-order valence-electron chi connectivity index (χ4n) is 4.17. The van der Waals surface area contributed by atoms with Crippen LogP contribution in [0.5, 0.6) is 0 Å². The topological polar surface area (TPSA) is 37.3 Å². The SMILES string of the molecule is CC(NC(=S)N1C[C@@H]2C[C@@H](C1)c1cccc(=O)n1C2)c1ccc(Cl)cc1. The highest BCUT2D eigenvalue weighted by Gasteiger charge is 2.35. The minimum absolute atomic E-state index is 0.114. The smallest absolute Gasteiger partial charge is 0.250 e. The van der Waals surface area contributed by atoms with E-state index < -0.39 is 0 Å². The molecule has 3 heterocycles. The molecule has 2 aliphatic heterocycles. The van der Waals surface area contributed by atoms with Gasteiger partial charge < -0.3 is 14.8 Å². The predicted molar refractivity (Wildman–Crippen MR) is 109 cm³/mol.